The molecule has 0 aromatic carbocycles. The SMILES string of the molecule is Cc1ccc(C(=O)N[C@@H](c2cccs2)C(C)C)o1. The largest absolute Gasteiger partial charge is 0.456 e. The number of amides is 1. The Morgan fingerprint density at radius 3 is 2.61 bits per heavy atom. The van der Waals surface area contributed by atoms with Gasteiger partial charge in [-0.1, -0.05) is 19.9 Å². The maximum atomic E-state index is 12.1. The highest BCUT2D eigenvalue weighted by molar-refractivity contribution is 7.10. The summed E-state index contributed by atoms with van der Waals surface area (Å²) < 4.78 is 5.33. The van der Waals surface area contributed by atoms with E-state index in [2.05, 4.69) is 19.2 Å². The second-order valence-electron chi connectivity index (χ2n) is 4.62. The van der Waals surface area contributed by atoms with Crippen molar-refractivity contribution in [2.75, 3.05) is 0 Å². The third-order valence-electron chi connectivity index (χ3n) is 2.77. The topological polar surface area (TPSA) is 42.2 Å². The fraction of sp³-hybridized carbons (Fsp3) is 0.357. The van der Waals surface area contributed by atoms with Crippen LogP contribution in [0.4, 0.5) is 0 Å². The molecule has 0 fully saturated rings. The summed E-state index contributed by atoms with van der Waals surface area (Å²) in [5.41, 5.74) is 0. The lowest BCUT2D eigenvalue weighted by Gasteiger charge is -2.20. The number of thiophene rings is 1. The molecule has 2 heterocycles. The Labute approximate surface area is 111 Å². The molecule has 0 bridgehead atoms. The number of carbonyl (C=O) groups excluding carboxylic acids is 1. The number of furan rings is 1. The van der Waals surface area contributed by atoms with Crippen LogP contribution in [0, 0.1) is 12.8 Å². The molecule has 18 heavy (non-hydrogen) atoms. The van der Waals surface area contributed by atoms with E-state index in [0.717, 1.165) is 5.76 Å². The molecule has 0 saturated heterocycles. The Balaban J connectivity index is 2.13. The van der Waals surface area contributed by atoms with E-state index >= 15 is 0 Å². The van der Waals surface area contributed by atoms with E-state index in [0.29, 0.717) is 11.7 Å². The fourth-order valence-corrected chi connectivity index (χ4v) is 2.75. The van der Waals surface area contributed by atoms with Crippen molar-refractivity contribution >= 4 is 17.2 Å². The maximum absolute atomic E-state index is 12.1. The smallest absolute Gasteiger partial charge is 0.287 e. The first-order valence-electron chi connectivity index (χ1n) is 5.98. The first-order valence-corrected chi connectivity index (χ1v) is 6.86. The van der Waals surface area contributed by atoms with Gasteiger partial charge in [0.05, 0.1) is 6.04 Å². The zero-order chi connectivity index (χ0) is 13.1. The average molecular weight is 263 g/mol. The Hall–Kier alpha value is -1.55. The van der Waals surface area contributed by atoms with Crippen molar-refractivity contribution in [2.24, 2.45) is 5.92 Å². The molecular weight excluding hydrogens is 246 g/mol. The molecule has 96 valence electrons. The molecule has 2 aromatic rings. The van der Waals surface area contributed by atoms with Gasteiger partial charge in [-0.15, -0.1) is 11.3 Å². The molecule has 0 aliphatic carbocycles. The Kier molecular flexibility index (Phi) is 3.87. The van der Waals surface area contributed by atoms with Crippen molar-refractivity contribution < 1.29 is 9.21 Å². The number of carbonyl (C=O) groups is 1. The number of nitrogens with one attached hydrogen (secondary N) is 1. The second-order valence-corrected chi connectivity index (χ2v) is 5.60. The van der Waals surface area contributed by atoms with Crippen LogP contribution in [0.5, 0.6) is 0 Å². The van der Waals surface area contributed by atoms with Crippen LogP contribution in [0.25, 0.3) is 0 Å². The predicted molar refractivity (Wildman–Crippen MR) is 72.8 cm³/mol. The van der Waals surface area contributed by atoms with E-state index in [1.165, 1.54) is 4.88 Å². The van der Waals surface area contributed by atoms with Crippen molar-refractivity contribution in [1.82, 2.24) is 5.32 Å². The van der Waals surface area contributed by atoms with Crippen LogP contribution < -0.4 is 5.32 Å². The first kappa shape index (κ1) is 12.9. The summed E-state index contributed by atoms with van der Waals surface area (Å²) in [6.45, 7) is 6.02. The van der Waals surface area contributed by atoms with Crippen LogP contribution in [0.1, 0.15) is 41.1 Å². The van der Waals surface area contributed by atoms with E-state index < -0.39 is 0 Å². The molecule has 2 aromatic heterocycles. The van der Waals surface area contributed by atoms with E-state index in [-0.39, 0.29) is 11.9 Å². The van der Waals surface area contributed by atoms with Crippen molar-refractivity contribution in [3.63, 3.8) is 0 Å². The summed E-state index contributed by atoms with van der Waals surface area (Å²) >= 11 is 1.66. The van der Waals surface area contributed by atoms with Crippen molar-refractivity contribution in [2.45, 2.75) is 26.8 Å². The third kappa shape index (κ3) is 2.82. The summed E-state index contributed by atoms with van der Waals surface area (Å²) in [6.07, 6.45) is 0. The summed E-state index contributed by atoms with van der Waals surface area (Å²) in [5, 5.41) is 5.05. The minimum atomic E-state index is -0.157. The summed E-state index contributed by atoms with van der Waals surface area (Å²) in [5.74, 6) is 1.30. The van der Waals surface area contributed by atoms with E-state index in [1.54, 1.807) is 23.5 Å². The summed E-state index contributed by atoms with van der Waals surface area (Å²) in [7, 11) is 0. The van der Waals surface area contributed by atoms with Crippen LogP contribution in [0.3, 0.4) is 0 Å². The van der Waals surface area contributed by atoms with Crippen LogP contribution in [0.15, 0.2) is 34.1 Å². The minimum Gasteiger partial charge on any atom is -0.456 e. The molecule has 1 N–H and O–H groups in total. The van der Waals surface area contributed by atoms with Gasteiger partial charge in [0, 0.05) is 4.88 Å². The first-order chi connectivity index (χ1) is 8.58. The van der Waals surface area contributed by atoms with Crippen LogP contribution >= 0.6 is 11.3 Å². The molecule has 0 unspecified atom stereocenters. The molecule has 0 spiro atoms. The highest BCUT2D eigenvalue weighted by Gasteiger charge is 2.21. The van der Waals surface area contributed by atoms with Gasteiger partial charge in [0.1, 0.15) is 5.76 Å². The molecule has 0 radical (unpaired) electrons. The van der Waals surface area contributed by atoms with Crippen LogP contribution in [-0.2, 0) is 0 Å². The summed E-state index contributed by atoms with van der Waals surface area (Å²) in [6, 6.07) is 7.57. The van der Waals surface area contributed by atoms with Crippen molar-refractivity contribution in [3.8, 4) is 0 Å². The van der Waals surface area contributed by atoms with Crippen LogP contribution in [0.2, 0.25) is 0 Å². The van der Waals surface area contributed by atoms with Crippen molar-refractivity contribution in [1.29, 1.82) is 0 Å². The van der Waals surface area contributed by atoms with E-state index in [9.17, 15) is 4.79 Å². The highest BCUT2D eigenvalue weighted by Crippen LogP contribution is 2.26. The predicted octanol–water partition coefficient (Wildman–Crippen LogP) is 3.78. The number of aryl methyl sites for hydroxylation is 1. The van der Waals surface area contributed by atoms with Gasteiger partial charge >= 0.3 is 0 Å². The standard InChI is InChI=1S/C14H17NO2S/c1-9(2)13(12-5-4-8-18-12)15-14(16)11-7-6-10(3)17-11/h4-9,13H,1-3H3,(H,15,16)/t13-/m1/s1. The quantitative estimate of drug-likeness (QED) is 0.912. The molecule has 1 atom stereocenters. The second kappa shape index (κ2) is 5.40. The Morgan fingerprint density at radius 2 is 2.11 bits per heavy atom. The number of hydrogen-bond acceptors (Lipinski definition) is 3. The highest BCUT2D eigenvalue weighted by atomic mass is 32.1. The lowest BCUT2D eigenvalue weighted by atomic mass is 10.0. The van der Waals surface area contributed by atoms with Gasteiger partial charge in [-0.05, 0) is 36.4 Å². The zero-order valence-corrected chi connectivity index (χ0v) is 11.6. The van der Waals surface area contributed by atoms with Gasteiger partial charge in [-0.25, -0.2) is 0 Å². The van der Waals surface area contributed by atoms with Gasteiger partial charge in [0.15, 0.2) is 5.76 Å². The van der Waals surface area contributed by atoms with E-state index in [4.69, 9.17) is 4.42 Å². The third-order valence-corrected chi connectivity index (χ3v) is 3.72. The molecule has 1 amide bonds. The molecule has 0 aliphatic heterocycles. The minimum absolute atomic E-state index is 0.0305. The lowest BCUT2D eigenvalue weighted by Crippen LogP contribution is -2.30. The van der Waals surface area contributed by atoms with E-state index in [1.807, 2.05) is 24.4 Å². The molecular formula is C14H17NO2S. The molecule has 0 saturated carbocycles. The number of rotatable bonds is 4. The van der Waals surface area contributed by atoms with Gasteiger partial charge in [-0.2, -0.15) is 0 Å². The van der Waals surface area contributed by atoms with Gasteiger partial charge in [0.2, 0.25) is 0 Å². The van der Waals surface area contributed by atoms with Gasteiger partial charge in [0.25, 0.3) is 5.91 Å². The normalized spacial score (nSPS) is 12.7. The lowest BCUT2D eigenvalue weighted by molar-refractivity contribution is 0.0897. The van der Waals surface area contributed by atoms with Crippen molar-refractivity contribution in [3.05, 3.63) is 46.0 Å². The number of hydrogen-bond donors (Lipinski definition) is 1. The van der Waals surface area contributed by atoms with Gasteiger partial charge < -0.3 is 9.73 Å². The monoisotopic (exact) mass is 263 g/mol. The van der Waals surface area contributed by atoms with Crippen LogP contribution in [-0.4, -0.2) is 5.91 Å². The Morgan fingerprint density at radius 1 is 1.33 bits per heavy atom. The fourth-order valence-electron chi connectivity index (χ4n) is 1.80. The summed E-state index contributed by atoms with van der Waals surface area (Å²) in [4.78, 5) is 13.2. The molecule has 3 nitrogen and oxygen atoms in total. The molecule has 2 rings (SSSR count). The zero-order valence-electron chi connectivity index (χ0n) is 10.8. The molecule has 4 heteroatoms. The molecule has 0 aliphatic rings. The average Bonchev–Trinajstić information content (AvgIpc) is 2.95. The van der Waals surface area contributed by atoms with Gasteiger partial charge in [-0.3, -0.25) is 4.79 Å². The Bertz CT molecular complexity index is 514. The maximum Gasteiger partial charge on any atom is 0.287 e.